The highest BCUT2D eigenvalue weighted by molar-refractivity contribution is 5.28. The van der Waals surface area contributed by atoms with Gasteiger partial charge in [0, 0.05) is 6.42 Å². The van der Waals surface area contributed by atoms with E-state index in [9.17, 15) is 13.9 Å². The van der Waals surface area contributed by atoms with Gasteiger partial charge in [0.05, 0.1) is 6.10 Å². The molecule has 1 rings (SSSR count). The molecular formula is C12H12F2O2. The number of alkyl halides is 2. The summed E-state index contributed by atoms with van der Waals surface area (Å²) in [5.74, 6) is 2.49. The van der Waals surface area contributed by atoms with E-state index in [1.807, 2.05) is 0 Å². The van der Waals surface area contributed by atoms with E-state index in [0.717, 1.165) is 0 Å². The second-order valence-electron chi connectivity index (χ2n) is 3.21. The lowest BCUT2D eigenvalue weighted by Crippen LogP contribution is -2.02. The molecule has 0 saturated heterocycles. The third-order valence-corrected chi connectivity index (χ3v) is 2.05. The quantitative estimate of drug-likeness (QED) is 0.782. The lowest BCUT2D eigenvalue weighted by atomic mass is 10.1. The van der Waals surface area contributed by atoms with Crippen LogP contribution in [0.1, 0.15) is 24.5 Å². The Morgan fingerprint density at radius 1 is 1.31 bits per heavy atom. The highest BCUT2D eigenvalue weighted by Crippen LogP contribution is 2.21. The molecule has 0 aliphatic heterocycles. The van der Waals surface area contributed by atoms with Crippen molar-refractivity contribution in [2.24, 2.45) is 0 Å². The largest absolute Gasteiger partial charge is 0.435 e. The van der Waals surface area contributed by atoms with Crippen molar-refractivity contribution in [3.63, 3.8) is 0 Å². The van der Waals surface area contributed by atoms with Crippen molar-refractivity contribution in [1.82, 2.24) is 0 Å². The molecule has 0 spiro atoms. The van der Waals surface area contributed by atoms with E-state index in [4.69, 9.17) is 6.42 Å². The van der Waals surface area contributed by atoms with Gasteiger partial charge in [0.2, 0.25) is 0 Å². The third-order valence-electron chi connectivity index (χ3n) is 2.05. The highest BCUT2D eigenvalue weighted by atomic mass is 19.3. The van der Waals surface area contributed by atoms with Gasteiger partial charge in [0.1, 0.15) is 5.75 Å². The SMILES string of the molecule is C#CCCC(O)c1ccc(OC(F)F)cc1. The van der Waals surface area contributed by atoms with E-state index in [0.29, 0.717) is 18.4 Å². The summed E-state index contributed by atoms with van der Waals surface area (Å²) < 4.78 is 27.9. The molecule has 1 atom stereocenters. The van der Waals surface area contributed by atoms with E-state index in [-0.39, 0.29) is 5.75 Å². The number of hydrogen-bond donors (Lipinski definition) is 1. The van der Waals surface area contributed by atoms with Gasteiger partial charge in [-0.2, -0.15) is 8.78 Å². The zero-order chi connectivity index (χ0) is 12.0. The zero-order valence-corrected chi connectivity index (χ0v) is 8.57. The van der Waals surface area contributed by atoms with Crippen molar-refractivity contribution in [1.29, 1.82) is 0 Å². The van der Waals surface area contributed by atoms with Crippen LogP contribution in [0.5, 0.6) is 5.75 Å². The lowest BCUT2D eigenvalue weighted by Gasteiger charge is -2.10. The van der Waals surface area contributed by atoms with Crippen LogP contribution in [0.25, 0.3) is 0 Å². The molecule has 1 aromatic rings. The van der Waals surface area contributed by atoms with Crippen LogP contribution in [-0.2, 0) is 0 Å². The summed E-state index contributed by atoms with van der Waals surface area (Å²) >= 11 is 0. The first-order valence-corrected chi connectivity index (χ1v) is 4.79. The van der Waals surface area contributed by atoms with Gasteiger partial charge in [-0.05, 0) is 24.1 Å². The van der Waals surface area contributed by atoms with E-state index in [1.54, 1.807) is 12.1 Å². The second-order valence-corrected chi connectivity index (χ2v) is 3.21. The van der Waals surface area contributed by atoms with Crippen molar-refractivity contribution < 1.29 is 18.6 Å². The number of ether oxygens (including phenoxy) is 1. The maximum atomic E-state index is 11.9. The summed E-state index contributed by atoms with van der Waals surface area (Å²) in [6.45, 7) is -2.84. The fraction of sp³-hybridized carbons (Fsp3) is 0.333. The summed E-state index contributed by atoms with van der Waals surface area (Å²) in [7, 11) is 0. The topological polar surface area (TPSA) is 29.5 Å². The molecule has 0 amide bonds. The fourth-order valence-electron chi connectivity index (χ4n) is 1.26. The van der Waals surface area contributed by atoms with Gasteiger partial charge in [0.25, 0.3) is 0 Å². The average Bonchev–Trinajstić information content (AvgIpc) is 2.26. The molecule has 0 heterocycles. The maximum absolute atomic E-state index is 11.9. The van der Waals surface area contributed by atoms with Gasteiger partial charge >= 0.3 is 6.61 Å². The summed E-state index contributed by atoms with van der Waals surface area (Å²) in [5.41, 5.74) is 0.636. The van der Waals surface area contributed by atoms with Gasteiger partial charge in [-0.15, -0.1) is 12.3 Å². The molecule has 0 aromatic heterocycles. The zero-order valence-electron chi connectivity index (χ0n) is 8.57. The predicted molar refractivity (Wildman–Crippen MR) is 56.1 cm³/mol. The first-order chi connectivity index (χ1) is 7.63. The van der Waals surface area contributed by atoms with Crippen LogP contribution < -0.4 is 4.74 Å². The van der Waals surface area contributed by atoms with E-state index in [2.05, 4.69) is 10.7 Å². The molecule has 1 aromatic carbocycles. The Balaban J connectivity index is 2.60. The Hall–Kier alpha value is -1.60. The Kier molecular flexibility index (Phi) is 4.74. The number of hydrogen-bond acceptors (Lipinski definition) is 2. The van der Waals surface area contributed by atoms with Gasteiger partial charge in [-0.3, -0.25) is 0 Å². The monoisotopic (exact) mass is 226 g/mol. The molecule has 2 nitrogen and oxygen atoms in total. The standard InChI is InChI=1S/C12H12F2O2/c1-2-3-4-11(15)9-5-7-10(8-6-9)16-12(13)14/h1,5-8,11-12,15H,3-4H2. The van der Waals surface area contributed by atoms with Crippen LogP contribution in [0.2, 0.25) is 0 Å². The van der Waals surface area contributed by atoms with Gasteiger partial charge < -0.3 is 9.84 Å². The molecule has 1 unspecified atom stereocenters. The van der Waals surface area contributed by atoms with Gasteiger partial charge in [-0.1, -0.05) is 12.1 Å². The molecule has 0 bridgehead atoms. The van der Waals surface area contributed by atoms with Gasteiger partial charge in [-0.25, -0.2) is 0 Å². The third kappa shape index (κ3) is 3.87. The number of benzene rings is 1. The Bertz CT molecular complexity index is 354. The second kappa shape index (κ2) is 6.09. The van der Waals surface area contributed by atoms with Crippen LogP contribution in [0, 0.1) is 12.3 Å². The van der Waals surface area contributed by atoms with Crippen LogP contribution in [0.3, 0.4) is 0 Å². The maximum Gasteiger partial charge on any atom is 0.387 e. The Morgan fingerprint density at radius 2 is 1.94 bits per heavy atom. The molecule has 0 fully saturated rings. The summed E-state index contributed by atoms with van der Waals surface area (Å²) in [5, 5.41) is 9.64. The first kappa shape index (κ1) is 12.5. The molecule has 0 radical (unpaired) electrons. The number of rotatable bonds is 5. The average molecular weight is 226 g/mol. The van der Waals surface area contributed by atoms with E-state index < -0.39 is 12.7 Å². The molecule has 0 aliphatic rings. The first-order valence-electron chi connectivity index (χ1n) is 4.79. The smallest absolute Gasteiger partial charge is 0.387 e. The molecule has 0 aliphatic carbocycles. The fourth-order valence-corrected chi connectivity index (χ4v) is 1.26. The molecule has 86 valence electrons. The summed E-state index contributed by atoms with van der Waals surface area (Å²) in [4.78, 5) is 0. The number of aliphatic hydroxyl groups is 1. The van der Waals surface area contributed by atoms with Crippen LogP contribution in [-0.4, -0.2) is 11.7 Å². The van der Waals surface area contributed by atoms with Crippen molar-refractivity contribution in [3.05, 3.63) is 29.8 Å². The molecule has 16 heavy (non-hydrogen) atoms. The van der Waals surface area contributed by atoms with Crippen LogP contribution in [0.15, 0.2) is 24.3 Å². The summed E-state index contributed by atoms with van der Waals surface area (Å²) in [6, 6.07) is 5.86. The van der Waals surface area contributed by atoms with Crippen molar-refractivity contribution in [3.8, 4) is 18.1 Å². The van der Waals surface area contributed by atoms with Crippen molar-refractivity contribution >= 4 is 0 Å². The van der Waals surface area contributed by atoms with Crippen molar-refractivity contribution in [2.75, 3.05) is 0 Å². The number of aliphatic hydroxyl groups excluding tert-OH is 1. The Labute approximate surface area is 92.9 Å². The number of halogens is 2. The molecule has 0 saturated carbocycles. The Morgan fingerprint density at radius 3 is 2.44 bits per heavy atom. The molecule has 4 heteroatoms. The van der Waals surface area contributed by atoms with Crippen molar-refractivity contribution in [2.45, 2.75) is 25.6 Å². The minimum absolute atomic E-state index is 0.0721. The minimum Gasteiger partial charge on any atom is -0.435 e. The molecular weight excluding hydrogens is 214 g/mol. The lowest BCUT2D eigenvalue weighted by molar-refractivity contribution is -0.0498. The van der Waals surface area contributed by atoms with Crippen LogP contribution in [0.4, 0.5) is 8.78 Å². The highest BCUT2D eigenvalue weighted by Gasteiger charge is 2.08. The molecule has 1 N–H and O–H groups in total. The predicted octanol–water partition coefficient (Wildman–Crippen LogP) is 2.73. The van der Waals surface area contributed by atoms with Crippen LogP contribution >= 0.6 is 0 Å². The van der Waals surface area contributed by atoms with E-state index >= 15 is 0 Å². The normalized spacial score (nSPS) is 12.2. The number of terminal acetylenes is 1. The van der Waals surface area contributed by atoms with E-state index in [1.165, 1.54) is 12.1 Å². The minimum atomic E-state index is -2.84. The van der Waals surface area contributed by atoms with Gasteiger partial charge in [0.15, 0.2) is 0 Å². The summed E-state index contributed by atoms with van der Waals surface area (Å²) in [6.07, 6.45) is 5.32.